The predicted molar refractivity (Wildman–Crippen MR) is 75.2 cm³/mol. The largest absolute Gasteiger partial charge is 0.301 e. The average molecular weight is 322 g/mol. The Hall–Kier alpha value is -1.14. The van der Waals surface area contributed by atoms with Crippen LogP contribution in [0.4, 0.5) is 5.13 Å². The summed E-state index contributed by atoms with van der Waals surface area (Å²) in [6, 6.07) is 0. The highest BCUT2D eigenvalue weighted by molar-refractivity contribution is 7.91. The van der Waals surface area contributed by atoms with Gasteiger partial charge in [0.15, 0.2) is 0 Å². The average Bonchev–Trinajstić information content (AvgIpc) is 2.82. The lowest BCUT2D eigenvalue weighted by molar-refractivity contribution is -0.116. The first kappa shape index (κ1) is 16.9. The molecule has 1 heterocycles. The molecular formula is C9H18N6O3S2. The van der Waals surface area contributed by atoms with Gasteiger partial charge in [-0.15, -0.1) is 10.2 Å². The van der Waals surface area contributed by atoms with E-state index in [9.17, 15) is 13.2 Å². The number of hydrogen-bond donors (Lipinski definition) is 4. The Morgan fingerprint density at radius 1 is 1.20 bits per heavy atom. The molecule has 0 unspecified atom stereocenters. The van der Waals surface area contributed by atoms with Crippen LogP contribution in [0.25, 0.3) is 0 Å². The van der Waals surface area contributed by atoms with Gasteiger partial charge in [0.25, 0.3) is 10.0 Å². The van der Waals surface area contributed by atoms with E-state index in [1.54, 1.807) is 0 Å². The van der Waals surface area contributed by atoms with Gasteiger partial charge < -0.3 is 5.32 Å². The lowest BCUT2D eigenvalue weighted by Crippen LogP contribution is -2.22. The zero-order valence-corrected chi connectivity index (χ0v) is 12.5. The summed E-state index contributed by atoms with van der Waals surface area (Å²) in [6.07, 6.45) is 3.98. The quantitative estimate of drug-likeness (QED) is 0.207. The van der Waals surface area contributed by atoms with E-state index in [0.717, 1.165) is 43.6 Å². The van der Waals surface area contributed by atoms with Crippen molar-refractivity contribution in [3.63, 3.8) is 0 Å². The fourth-order valence-corrected chi connectivity index (χ4v) is 2.77. The molecule has 114 valence electrons. The second-order valence-electron chi connectivity index (χ2n) is 4.08. The van der Waals surface area contributed by atoms with Crippen LogP contribution in [0.5, 0.6) is 0 Å². The number of carbonyl (C=O) groups is 1. The van der Waals surface area contributed by atoms with Gasteiger partial charge >= 0.3 is 0 Å². The number of unbranched alkanes of at least 4 members (excludes halogenated alkanes) is 3. The first-order valence-electron chi connectivity index (χ1n) is 6.03. The van der Waals surface area contributed by atoms with Gasteiger partial charge in [-0.2, -0.15) is 0 Å². The normalized spacial score (nSPS) is 11.5. The third-order valence-corrected chi connectivity index (χ3v) is 4.52. The summed E-state index contributed by atoms with van der Waals surface area (Å²) in [4.78, 5) is 11.6. The van der Waals surface area contributed by atoms with E-state index in [-0.39, 0.29) is 15.4 Å². The van der Waals surface area contributed by atoms with E-state index in [1.807, 2.05) is 0 Å². The standard InChI is InChI=1S/C9H18N6O3S2/c10-12-6-4-2-1-3-5-7(16)13-8-14-15-9(19-8)20(11,17)18/h12H,1-6,10H2,(H2,11,17,18)(H,13,14,16). The molecule has 20 heavy (non-hydrogen) atoms. The fraction of sp³-hybridized carbons (Fsp3) is 0.667. The molecule has 0 aromatic carbocycles. The fourth-order valence-electron chi connectivity index (χ4n) is 1.42. The first-order chi connectivity index (χ1) is 9.43. The van der Waals surface area contributed by atoms with E-state index in [4.69, 9.17) is 11.0 Å². The van der Waals surface area contributed by atoms with Crippen molar-refractivity contribution < 1.29 is 13.2 Å². The number of amides is 1. The molecule has 1 aromatic heterocycles. The SMILES string of the molecule is NNCCCCCCC(=O)Nc1nnc(S(N)(=O)=O)s1. The minimum absolute atomic E-state index is 0.131. The third-order valence-electron chi connectivity index (χ3n) is 2.37. The minimum atomic E-state index is -3.87. The van der Waals surface area contributed by atoms with E-state index in [2.05, 4.69) is 20.9 Å². The Balaban J connectivity index is 2.27. The van der Waals surface area contributed by atoms with Gasteiger partial charge in [-0.1, -0.05) is 24.2 Å². The third kappa shape index (κ3) is 6.34. The molecule has 0 fully saturated rings. The summed E-state index contributed by atoms with van der Waals surface area (Å²) in [5.74, 6) is 4.91. The molecule has 0 aliphatic carbocycles. The number of nitrogens with zero attached hydrogens (tertiary/aromatic N) is 2. The lowest BCUT2D eigenvalue weighted by atomic mass is 10.1. The predicted octanol–water partition coefficient (Wildman–Crippen LogP) is -0.462. The molecule has 0 bridgehead atoms. The van der Waals surface area contributed by atoms with Crippen LogP contribution in [0.1, 0.15) is 32.1 Å². The zero-order chi connectivity index (χ0) is 15.0. The van der Waals surface area contributed by atoms with Crippen LogP contribution in [-0.4, -0.2) is 31.1 Å². The van der Waals surface area contributed by atoms with Gasteiger partial charge in [0.1, 0.15) is 0 Å². The Morgan fingerprint density at radius 2 is 1.90 bits per heavy atom. The van der Waals surface area contributed by atoms with Crippen molar-refractivity contribution in [2.45, 2.75) is 36.4 Å². The number of hydrogen-bond acceptors (Lipinski definition) is 8. The van der Waals surface area contributed by atoms with Crippen molar-refractivity contribution in [3.8, 4) is 0 Å². The Labute approximate surface area is 121 Å². The summed E-state index contributed by atoms with van der Waals surface area (Å²) >= 11 is 0.729. The topological polar surface area (TPSA) is 153 Å². The van der Waals surface area contributed by atoms with Gasteiger partial charge in [0.2, 0.25) is 15.4 Å². The second kappa shape index (κ2) is 8.21. The van der Waals surface area contributed by atoms with Crippen LogP contribution < -0.4 is 21.7 Å². The Kier molecular flexibility index (Phi) is 6.95. The number of carbonyl (C=O) groups excluding carboxylic acids is 1. The smallest absolute Gasteiger partial charge is 0.267 e. The van der Waals surface area contributed by atoms with E-state index in [1.165, 1.54) is 0 Å². The molecule has 1 rings (SSSR count). The van der Waals surface area contributed by atoms with E-state index >= 15 is 0 Å². The second-order valence-corrected chi connectivity index (χ2v) is 6.80. The van der Waals surface area contributed by atoms with E-state index < -0.39 is 10.0 Å². The monoisotopic (exact) mass is 322 g/mol. The Morgan fingerprint density at radius 3 is 2.50 bits per heavy atom. The van der Waals surface area contributed by atoms with Crippen LogP contribution in [0.3, 0.4) is 0 Å². The van der Waals surface area contributed by atoms with Crippen LogP contribution in [0, 0.1) is 0 Å². The van der Waals surface area contributed by atoms with Crippen LogP contribution >= 0.6 is 11.3 Å². The maximum absolute atomic E-state index is 11.6. The highest BCUT2D eigenvalue weighted by Gasteiger charge is 2.16. The number of sulfonamides is 1. The minimum Gasteiger partial charge on any atom is -0.301 e. The van der Waals surface area contributed by atoms with Crippen LogP contribution in [-0.2, 0) is 14.8 Å². The Bertz CT molecular complexity index is 530. The van der Waals surface area contributed by atoms with Crippen LogP contribution in [0.2, 0.25) is 0 Å². The molecule has 0 spiro atoms. The molecule has 1 aromatic rings. The summed E-state index contributed by atoms with van der Waals surface area (Å²) in [5, 5.41) is 14.5. The van der Waals surface area contributed by atoms with Gasteiger partial charge in [0, 0.05) is 13.0 Å². The molecular weight excluding hydrogens is 304 g/mol. The lowest BCUT2D eigenvalue weighted by Gasteiger charge is -2.01. The number of nitrogens with one attached hydrogen (secondary N) is 2. The van der Waals surface area contributed by atoms with Crippen molar-refractivity contribution in [1.29, 1.82) is 0 Å². The molecule has 0 radical (unpaired) electrons. The number of nitrogens with two attached hydrogens (primary N) is 2. The van der Waals surface area contributed by atoms with Crippen molar-refractivity contribution in [2.24, 2.45) is 11.0 Å². The number of primary sulfonamides is 1. The maximum Gasteiger partial charge on any atom is 0.267 e. The number of aromatic nitrogens is 2. The summed E-state index contributed by atoms with van der Waals surface area (Å²) in [5.41, 5.74) is 2.56. The molecule has 0 saturated carbocycles. The van der Waals surface area contributed by atoms with E-state index in [0.29, 0.717) is 6.42 Å². The van der Waals surface area contributed by atoms with Crippen LogP contribution in [0.15, 0.2) is 4.34 Å². The summed E-state index contributed by atoms with van der Waals surface area (Å²) in [7, 11) is -3.87. The molecule has 0 atom stereocenters. The van der Waals surface area contributed by atoms with Gasteiger partial charge in [0.05, 0.1) is 0 Å². The summed E-state index contributed by atoms with van der Waals surface area (Å²) in [6.45, 7) is 0.757. The molecule has 0 saturated heterocycles. The highest BCUT2D eigenvalue weighted by Crippen LogP contribution is 2.18. The molecule has 11 heteroatoms. The van der Waals surface area contributed by atoms with Crippen molar-refractivity contribution in [2.75, 3.05) is 11.9 Å². The van der Waals surface area contributed by atoms with Gasteiger partial charge in [-0.05, 0) is 12.8 Å². The maximum atomic E-state index is 11.6. The molecule has 9 nitrogen and oxygen atoms in total. The van der Waals surface area contributed by atoms with Gasteiger partial charge in [-0.25, -0.2) is 13.6 Å². The molecule has 0 aliphatic heterocycles. The first-order valence-corrected chi connectivity index (χ1v) is 8.39. The molecule has 1 amide bonds. The van der Waals surface area contributed by atoms with Gasteiger partial charge in [-0.3, -0.25) is 16.1 Å². The number of hydrazine groups is 1. The zero-order valence-electron chi connectivity index (χ0n) is 10.8. The number of rotatable bonds is 9. The summed E-state index contributed by atoms with van der Waals surface area (Å²) < 4.78 is 21.7. The van der Waals surface area contributed by atoms with Crippen molar-refractivity contribution in [3.05, 3.63) is 0 Å². The van der Waals surface area contributed by atoms with Crippen molar-refractivity contribution in [1.82, 2.24) is 15.6 Å². The number of anilines is 1. The van der Waals surface area contributed by atoms with Crippen molar-refractivity contribution >= 4 is 32.4 Å². The molecule has 6 N–H and O–H groups in total. The molecule has 0 aliphatic rings. The highest BCUT2D eigenvalue weighted by atomic mass is 32.2.